The van der Waals surface area contributed by atoms with Gasteiger partial charge in [0.2, 0.25) is 0 Å². The Balaban J connectivity index is 2.18. The van der Waals surface area contributed by atoms with Crippen LogP contribution in [0.1, 0.15) is 23.7 Å². The normalized spacial score (nSPS) is 13.4. The van der Waals surface area contributed by atoms with E-state index in [1.54, 1.807) is 12.3 Å². The highest BCUT2D eigenvalue weighted by molar-refractivity contribution is 5.31. The average Bonchev–Trinajstić information content (AvgIpc) is 2.53. The molecule has 102 valence electrons. The van der Waals surface area contributed by atoms with Gasteiger partial charge < -0.3 is 10.4 Å². The number of aromatic nitrogens is 1. The molecular formula is C16H17N3O. The fourth-order valence-electron chi connectivity index (χ4n) is 2.03. The van der Waals surface area contributed by atoms with Crippen molar-refractivity contribution < 1.29 is 5.11 Å². The van der Waals surface area contributed by atoms with Crippen LogP contribution in [-0.2, 0) is 12.1 Å². The number of nitriles is 1. The molecule has 0 aliphatic heterocycles. The zero-order chi connectivity index (χ0) is 14.4. The summed E-state index contributed by atoms with van der Waals surface area (Å²) >= 11 is 0. The zero-order valence-corrected chi connectivity index (χ0v) is 11.4. The average molecular weight is 267 g/mol. The van der Waals surface area contributed by atoms with Gasteiger partial charge in [-0.3, -0.25) is 0 Å². The minimum Gasteiger partial charge on any atom is -0.394 e. The Labute approximate surface area is 118 Å². The fraction of sp³-hybridized carbons (Fsp3) is 0.250. The maximum atomic E-state index is 9.70. The van der Waals surface area contributed by atoms with E-state index in [1.165, 1.54) is 0 Å². The van der Waals surface area contributed by atoms with Crippen LogP contribution in [0.2, 0.25) is 0 Å². The van der Waals surface area contributed by atoms with Gasteiger partial charge in [0.15, 0.2) is 0 Å². The molecule has 0 aliphatic carbocycles. The van der Waals surface area contributed by atoms with Crippen LogP contribution < -0.4 is 5.32 Å². The summed E-state index contributed by atoms with van der Waals surface area (Å²) in [4.78, 5) is 4.03. The molecule has 20 heavy (non-hydrogen) atoms. The molecule has 4 heteroatoms. The van der Waals surface area contributed by atoms with E-state index in [-0.39, 0.29) is 6.61 Å². The van der Waals surface area contributed by atoms with Gasteiger partial charge in [0.1, 0.15) is 11.8 Å². The number of hydrogen-bond donors (Lipinski definition) is 2. The molecule has 0 radical (unpaired) electrons. The molecule has 2 aromatic rings. The highest BCUT2D eigenvalue weighted by atomic mass is 16.3. The van der Waals surface area contributed by atoms with Crippen LogP contribution in [0.25, 0.3) is 0 Å². The highest BCUT2D eigenvalue weighted by Gasteiger charge is 2.25. The summed E-state index contributed by atoms with van der Waals surface area (Å²) in [6, 6.07) is 15.5. The molecule has 2 rings (SSSR count). The molecule has 0 fully saturated rings. The molecule has 0 saturated carbocycles. The Bertz CT molecular complexity index is 607. The number of hydrogen-bond acceptors (Lipinski definition) is 4. The van der Waals surface area contributed by atoms with E-state index >= 15 is 0 Å². The lowest BCUT2D eigenvalue weighted by atomic mass is 9.92. The summed E-state index contributed by atoms with van der Waals surface area (Å²) in [5.74, 6) is 0. The Morgan fingerprint density at radius 2 is 2.00 bits per heavy atom. The van der Waals surface area contributed by atoms with E-state index in [0.717, 1.165) is 11.1 Å². The second-order valence-corrected chi connectivity index (χ2v) is 4.83. The second-order valence-electron chi connectivity index (χ2n) is 4.83. The Kier molecular flexibility index (Phi) is 4.46. The van der Waals surface area contributed by atoms with Gasteiger partial charge in [-0.25, -0.2) is 4.98 Å². The molecule has 0 spiro atoms. The van der Waals surface area contributed by atoms with Crippen LogP contribution >= 0.6 is 0 Å². The predicted octanol–water partition coefficient (Wildman–Crippen LogP) is 1.95. The summed E-state index contributed by atoms with van der Waals surface area (Å²) in [6.07, 6.45) is 1.60. The van der Waals surface area contributed by atoms with Gasteiger partial charge in [0.25, 0.3) is 0 Å². The van der Waals surface area contributed by atoms with Crippen LogP contribution in [0.4, 0.5) is 0 Å². The number of benzene rings is 1. The highest BCUT2D eigenvalue weighted by Crippen LogP contribution is 2.20. The van der Waals surface area contributed by atoms with Crippen molar-refractivity contribution in [3.63, 3.8) is 0 Å². The van der Waals surface area contributed by atoms with Crippen molar-refractivity contribution in [2.75, 3.05) is 6.61 Å². The first-order chi connectivity index (χ1) is 9.69. The predicted molar refractivity (Wildman–Crippen MR) is 76.7 cm³/mol. The molecule has 0 amide bonds. The lowest BCUT2D eigenvalue weighted by Gasteiger charge is -2.29. The standard InChI is InChI=1S/C16H17N3O/c1-16(12-20,14-7-3-2-4-8-14)19-11-13-6-5-9-18-15(13)10-17/h2-9,19-20H,11-12H2,1H3. The maximum Gasteiger partial charge on any atom is 0.144 e. The van der Waals surface area contributed by atoms with Gasteiger partial charge in [-0.2, -0.15) is 5.26 Å². The van der Waals surface area contributed by atoms with Gasteiger partial charge in [-0.05, 0) is 18.6 Å². The minimum absolute atomic E-state index is 0.0286. The van der Waals surface area contributed by atoms with Crippen molar-refractivity contribution in [3.05, 3.63) is 65.5 Å². The monoisotopic (exact) mass is 267 g/mol. The molecule has 0 aliphatic rings. The molecule has 1 aromatic carbocycles. The Morgan fingerprint density at radius 1 is 1.25 bits per heavy atom. The lowest BCUT2D eigenvalue weighted by Crippen LogP contribution is -2.42. The second kappa shape index (κ2) is 6.29. The van der Waals surface area contributed by atoms with E-state index in [9.17, 15) is 5.11 Å². The molecular weight excluding hydrogens is 250 g/mol. The molecule has 1 unspecified atom stereocenters. The topological polar surface area (TPSA) is 68.9 Å². The van der Waals surface area contributed by atoms with Gasteiger partial charge in [0.05, 0.1) is 12.1 Å². The Morgan fingerprint density at radius 3 is 2.65 bits per heavy atom. The van der Waals surface area contributed by atoms with Crippen molar-refractivity contribution in [2.24, 2.45) is 0 Å². The SMILES string of the molecule is CC(CO)(NCc1cccnc1C#N)c1ccccc1. The number of nitrogens with zero attached hydrogens (tertiary/aromatic N) is 2. The van der Waals surface area contributed by atoms with Crippen LogP contribution in [-0.4, -0.2) is 16.7 Å². The number of aliphatic hydroxyl groups is 1. The van der Waals surface area contributed by atoms with Crippen molar-refractivity contribution in [1.29, 1.82) is 5.26 Å². The van der Waals surface area contributed by atoms with Crippen LogP contribution in [0, 0.1) is 11.3 Å². The smallest absolute Gasteiger partial charge is 0.144 e. The molecule has 4 nitrogen and oxygen atoms in total. The number of aliphatic hydroxyl groups excluding tert-OH is 1. The van der Waals surface area contributed by atoms with E-state index in [4.69, 9.17) is 5.26 Å². The molecule has 1 aromatic heterocycles. The lowest BCUT2D eigenvalue weighted by molar-refractivity contribution is 0.173. The molecule has 2 N–H and O–H groups in total. The number of pyridine rings is 1. The summed E-state index contributed by atoms with van der Waals surface area (Å²) in [7, 11) is 0. The molecule has 1 atom stereocenters. The van der Waals surface area contributed by atoms with Gasteiger partial charge in [-0.15, -0.1) is 0 Å². The largest absolute Gasteiger partial charge is 0.394 e. The fourth-order valence-corrected chi connectivity index (χ4v) is 2.03. The third kappa shape index (κ3) is 3.02. The van der Waals surface area contributed by atoms with Crippen LogP contribution in [0.3, 0.4) is 0 Å². The van der Waals surface area contributed by atoms with Crippen molar-refractivity contribution in [2.45, 2.75) is 19.0 Å². The van der Waals surface area contributed by atoms with E-state index in [0.29, 0.717) is 12.2 Å². The van der Waals surface area contributed by atoms with Gasteiger partial charge in [-0.1, -0.05) is 36.4 Å². The van der Waals surface area contributed by atoms with Crippen molar-refractivity contribution in [1.82, 2.24) is 10.3 Å². The number of rotatable bonds is 5. The molecule has 0 saturated heterocycles. The Hall–Kier alpha value is -2.22. The number of nitrogens with one attached hydrogen (secondary N) is 1. The molecule has 1 heterocycles. The maximum absolute atomic E-state index is 9.70. The summed E-state index contributed by atoms with van der Waals surface area (Å²) in [5, 5.41) is 22.0. The van der Waals surface area contributed by atoms with E-state index in [2.05, 4.69) is 16.4 Å². The van der Waals surface area contributed by atoms with Gasteiger partial charge in [0, 0.05) is 18.3 Å². The van der Waals surface area contributed by atoms with Crippen LogP contribution in [0.15, 0.2) is 48.7 Å². The first-order valence-electron chi connectivity index (χ1n) is 6.45. The molecule has 0 bridgehead atoms. The van der Waals surface area contributed by atoms with Crippen molar-refractivity contribution in [3.8, 4) is 6.07 Å². The zero-order valence-electron chi connectivity index (χ0n) is 11.4. The van der Waals surface area contributed by atoms with Gasteiger partial charge >= 0.3 is 0 Å². The van der Waals surface area contributed by atoms with E-state index < -0.39 is 5.54 Å². The third-order valence-electron chi connectivity index (χ3n) is 3.39. The van der Waals surface area contributed by atoms with Crippen LogP contribution in [0.5, 0.6) is 0 Å². The first kappa shape index (κ1) is 14.2. The summed E-state index contributed by atoms with van der Waals surface area (Å²) in [6.45, 7) is 2.38. The quantitative estimate of drug-likeness (QED) is 0.868. The summed E-state index contributed by atoms with van der Waals surface area (Å²) in [5.41, 5.74) is 1.69. The third-order valence-corrected chi connectivity index (χ3v) is 3.39. The summed E-state index contributed by atoms with van der Waals surface area (Å²) < 4.78 is 0. The van der Waals surface area contributed by atoms with Crippen molar-refractivity contribution >= 4 is 0 Å². The first-order valence-corrected chi connectivity index (χ1v) is 6.45. The van der Waals surface area contributed by atoms with E-state index in [1.807, 2.05) is 43.3 Å². The minimum atomic E-state index is -0.552.